The summed E-state index contributed by atoms with van der Waals surface area (Å²) in [5.74, 6) is 0. The van der Waals surface area contributed by atoms with Gasteiger partial charge in [-0.1, -0.05) is 17.7 Å². The van der Waals surface area contributed by atoms with Crippen LogP contribution in [0.1, 0.15) is 22.4 Å². The highest BCUT2D eigenvalue weighted by molar-refractivity contribution is 5.75. The summed E-state index contributed by atoms with van der Waals surface area (Å²) in [7, 11) is 0. The van der Waals surface area contributed by atoms with E-state index in [1.165, 1.54) is 27.8 Å². The summed E-state index contributed by atoms with van der Waals surface area (Å²) in [6.07, 6.45) is 3.97. The molecule has 0 bridgehead atoms. The Bertz CT molecular complexity index is 761. The molecule has 102 valence electrons. The SMILES string of the molecule is Cc1cc(C)c(-c2cc3cc(CN)ncn3c2)c(C)c1. The fraction of sp³-hybridized carbons (Fsp3) is 0.235. The van der Waals surface area contributed by atoms with E-state index in [1.54, 1.807) is 0 Å². The second-order valence-corrected chi connectivity index (χ2v) is 5.42. The molecule has 0 spiro atoms. The molecule has 3 aromatic rings. The van der Waals surface area contributed by atoms with Crippen LogP contribution in [0.15, 0.2) is 36.8 Å². The third kappa shape index (κ3) is 2.10. The Hall–Kier alpha value is -2.13. The standard InChI is InChI=1S/C17H19N3/c1-11-4-12(2)17(13(3)5-11)14-6-16-7-15(8-18)19-10-20(16)9-14/h4-7,9-10H,8,18H2,1-3H3. The molecule has 0 unspecified atom stereocenters. The number of aryl methyl sites for hydroxylation is 3. The molecule has 0 amide bonds. The predicted molar refractivity (Wildman–Crippen MR) is 82.7 cm³/mol. The number of hydrogen-bond donors (Lipinski definition) is 1. The van der Waals surface area contributed by atoms with Gasteiger partial charge in [0.1, 0.15) is 0 Å². The van der Waals surface area contributed by atoms with Crippen molar-refractivity contribution in [3.05, 3.63) is 59.2 Å². The van der Waals surface area contributed by atoms with E-state index in [0.29, 0.717) is 6.54 Å². The molecule has 0 saturated carbocycles. The zero-order valence-electron chi connectivity index (χ0n) is 12.1. The first-order valence-electron chi connectivity index (χ1n) is 6.83. The maximum atomic E-state index is 5.65. The van der Waals surface area contributed by atoms with Crippen LogP contribution in [-0.2, 0) is 6.54 Å². The van der Waals surface area contributed by atoms with E-state index < -0.39 is 0 Å². The topological polar surface area (TPSA) is 43.3 Å². The lowest BCUT2D eigenvalue weighted by atomic mass is 9.95. The normalized spacial score (nSPS) is 11.2. The van der Waals surface area contributed by atoms with Crippen LogP contribution in [0.4, 0.5) is 0 Å². The van der Waals surface area contributed by atoms with E-state index >= 15 is 0 Å². The molecule has 3 heteroatoms. The zero-order valence-corrected chi connectivity index (χ0v) is 12.1. The number of fused-ring (bicyclic) bond motifs is 1. The molecule has 0 fully saturated rings. The quantitative estimate of drug-likeness (QED) is 0.772. The molecule has 0 aliphatic heterocycles. The molecule has 0 atom stereocenters. The van der Waals surface area contributed by atoms with E-state index in [9.17, 15) is 0 Å². The monoisotopic (exact) mass is 265 g/mol. The van der Waals surface area contributed by atoms with Crippen LogP contribution in [0.25, 0.3) is 16.6 Å². The number of nitrogens with two attached hydrogens (primary N) is 1. The zero-order chi connectivity index (χ0) is 14.3. The van der Waals surface area contributed by atoms with Gasteiger partial charge >= 0.3 is 0 Å². The largest absolute Gasteiger partial charge is 0.325 e. The van der Waals surface area contributed by atoms with E-state index in [2.05, 4.69) is 50.2 Å². The maximum absolute atomic E-state index is 5.65. The summed E-state index contributed by atoms with van der Waals surface area (Å²) >= 11 is 0. The molecule has 0 saturated heterocycles. The molecule has 2 heterocycles. The Balaban J connectivity index is 2.20. The van der Waals surface area contributed by atoms with Crippen molar-refractivity contribution in [3.63, 3.8) is 0 Å². The average molecular weight is 265 g/mol. The van der Waals surface area contributed by atoms with Crippen LogP contribution < -0.4 is 5.73 Å². The van der Waals surface area contributed by atoms with Gasteiger partial charge in [-0.05, 0) is 49.6 Å². The van der Waals surface area contributed by atoms with E-state index in [1.807, 2.05) is 16.8 Å². The van der Waals surface area contributed by atoms with E-state index in [4.69, 9.17) is 5.73 Å². The van der Waals surface area contributed by atoms with Crippen LogP contribution in [0.3, 0.4) is 0 Å². The average Bonchev–Trinajstić information content (AvgIpc) is 2.79. The van der Waals surface area contributed by atoms with E-state index in [-0.39, 0.29) is 0 Å². The van der Waals surface area contributed by atoms with Gasteiger partial charge in [-0.15, -0.1) is 0 Å². The number of benzene rings is 1. The van der Waals surface area contributed by atoms with Crippen molar-refractivity contribution >= 4 is 5.52 Å². The first-order valence-corrected chi connectivity index (χ1v) is 6.83. The summed E-state index contributed by atoms with van der Waals surface area (Å²) in [6, 6.07) is 8.70. The van der Waals surface area contributed by atoms with Crippen LogP contribution in [0, 0.1) is 20.8 Å². The molecule has 2 N–H and O–H groups in total. The predicted octanol–water partition coefficient (Wildman–Crippen LogP) is 3.39. The number of hydrogen-bond acceptors (Lipinski definition) is 2. The molecule has 0 aliphatic rings. The van der Waals surface area contributed by atoms with Crippen molar-refractivity contribution in [2.45, 2.75) is 27.3 Å². The highest BCUT2D eigenvalue weighted by Crippen LogP contribution is 2.30. The third-order valence-electron chi connectivity index (χ3n) is 3.72. The van der Waals surface area contributed by atoms with Gasteiger partial charge < -0.3 is 10.1 Å². The molecular weight excluding hydrogens is 246 g/mol. The van der Waals surface area contributed by atoms with Gasteiger partial charge in [-0.2, -0.15) is 0 Å². The van der Waals surface area contributed by atoms with Crippen molar-refractivity contribution in [1.29, 1.82) is 0 Å². The minimum absolute atomic E-state index is 0.472. The first-order chi connectivity index (χ1) is 9.58. The number of nitrogens with zero attached hydrogens (tertiary/aromatic N) is 2. The number of aromatic nitrogens is 2. The summed E-state index contributed by atoms with van der Waals surface area (Å²) in [6.45, 7) is 6.94. The van der Waals surface area contributed by atoms with Gasteiger partial charge in [-0.3, -0.25) is 0 Å². The number of rotatable bonds is 2. The fourth-order valence-electron chi connectivity index (χ4n) is 2.94. The summed E-state index contributed by atoms with van der Waals surface area (Å²) in [5.41, 5.74) is 14.2. The van der Waals surface area contributed by atoms with Gasteiger partial charge in [0, 0.05) is 23.8 Å². The summed E-state index contributed by atoms with van der Waals surface area (Å²) in [5, 5.41) is 0. The lowest BCUT2D eigenvalue weighted by molar-refractivity contribution is 0.953. The smallest absolute Gasteiger partial charge is 0.0994 e. The van der Waals surface area contributed by atoms with Crippen molar-refractivity contribution in [2.75, 3.05) is 0 Å². The van der Waals surface area contributed by atoms with Crippen LogP contribution in [0.5, 0.6) is 0 Å². The second-order valence-electron chi connectivity index (χ2n) is 5.42. The van der Waals surface area contributed by atoms with Gasteiger partial charge in [0.15, 0.2) is 0 Å². The molecule has 2 aromatic heterocycles. The highest BCUT2D eigenvalue weighted by Gasteiger charge is 2.09. The highest BCUT2D eigenvalue weighted by atomic mass is 14.9. The Morgan fingerprint density at radius 3 is 2.40 bits per heavy atom. The Morgan fingerprint density at radius 2 is 1.75 bits per heavy atom. The Labute approximate surface area is 119 Å². The van der Waals surface area contributed by atoms with Gasteiger partial charge in [-0.25, -0.2) is 4.98 Å². The lowest BCUT2D eigenvalue weighted by Crippen LogP contribution is -2.00. The summed E-state index contributed by atoms with van der Waals surface area (Å²) in [4.78, 5) is 4.33. The van der Waals surface area contributed by atoms with Crippen LogP contribution in [-0.4, -0.2) is 9.38 Å². The third-order valence-corrected chi connectivity index (χ3v) is 3.72. The minimum Gasteiger partial charge on any atom is -0.325 e. The molecule has 3 nitrogen and oxygen atoms in total. The first kappa shape index (κ1) is 12.9. The van der Waals surface area contributed by atoms with Gasteiger partial charge in [0.05, 0.1) is 12.0 Å². The van der Waals surface area contributed by atoms with Crippen molar-refractivity contribution < 1.29 is 0 Å². The van der Waals surface area contributed by atoms with Gasteiger partial charge in [0.25, 0.3) is 0 Å². The van der Waals surface area contributed by atoms with Crippen molar-refractivity contribution in [1.82, 2.24) is 9.38 Å². The second kappa shape index (κ2) is 4.76. The Morgan fingerprint density at radius 1 is 1.05 bits per heavy atom. The lowest BCUT2D eigenvalue weighted by Gasteiger charge is -2.09. The summed E-state index contributed by atoms with van der Waals surface area (Å²) < 4.78 is 2.05. The maximum Gasteiger partial charge on any atom is 0.0994 e. The van der Waals surface area contributed by atoms with Gasteiger partial charge in [0.2, 0.25) is 0 Å². The molecule has 20 heavy (non-hydrogen) atoms. The molecular formula is C17H19N3. The van der Waals surface area contributed by atoms with Crippen LogP contribution >= 0.6 is 0 Å². The molecule has 1 aromatic carbocycles. The molecule has 0 aliphatic carbocycles. The van der Waals surface area contributed by atoms with E-state index in [0.717, 1.165) is 11.2 Å². The molecule has 3 rings (SSSR count). The van der Waals surface area contributed by atoms with Crippen molar-refractivity contribution in [2.24, 2.45) is 5.73 Å². The molecule has 0 radical (unpaired) electrons. The van der Waals surface area contributed by atoms with Crippen LogP contribution in [0.2, 0.25) is 0 Å². The van der Waals surface area contributed by atoms with Crippen molar-refractivity contribution in [3.8, 4) is 11.1 Å². The minimum atomic E-state index is 0.472. The fourth-order valence-corrected chi connectivity index (χ4v) is 2.94. The Kier molecular flexibility index (Phi) is 3.07.